The van der Waals surface area contributed by atoms with E-state index in [0.717, 1.165) is 16.9 Å². The molecule has 0 saturated carbocycles. The largest absolute Gasteiger partial charge is 0.496 e. The Kier molecular flexibility index (Phi) is 3.86. The van der Waals surface area contributed by atoms with E-state index in [4.69, 9.17) is 10.5 Å². The van der Waals surface area contributed by atoms with E-state index in [9.17, 15) is 4.79 Å². The number of ether oxygens (including phenoxy) is 1. The van der Waals surface area contributed by atoms with Crippen molar-refractivity contribution in [3.63, 3.8) is 0 Å². The Bertz CT molecular complexity index is 361. The summed E-state index contributed by atoms with van der Waals surface area (Å²) in [5.74, 6) is 0.788. The Hall–Kier alpha value is -1.35. The molecule has 0 bridgehead atoms. The molecule has 1 atom stereocenters. The molecule has 0 spiro atoms. The van der Waals surface area contributed by atoms with Crippen LogP contribution in [0.5, 0.6) is 5.75 Å². The van der Waals surface area contributed by atoms with Crippen LogP contribution in [0, 0.1) is 6.92 Å². The van der Waals surface area contributed by atoms with Crippen molar-refractivity contribution in [3.8, 4) is 5.75 Å². The van der Waals surface area contributed by atoms with Crippen LogP contribution in [0.4, 0.5) is 0 Å². The molecule has 0 saturated heterocycles. The molecule has 0 aromatic heterocycles. The average molecular weight is 207 g/mol. The average Bonchev–Trinajstić information content (AvgIpc) is 2.18. The van der Waals surface area contributed by atoms with Gasteiger partial charge in [-0.3, -0.25) is 4.79 Å². The van der Waals surface area contributed by atoms with Crippen LogP contribution in [0.15, 0.2) is 18.2 Å². The van der Waals surface area contributed by atoms with Crippen LogP contribution in [0.25, 0.3) is 0 Å². The topological polar surface area (TPSA) is 52.3 Å². The highest BCUT2D eigenvalue weighted by Crippen LogP contribution is 2.20. The molecule has 0 heterocycles. The van der Waals surface area contributed by atoms with Crippen molar-refractivity contribution in [2.24, 2.45) is 5.73 Å². The van der Waals surface area contributed by atoms with Gasteiger partial charge in [-0.05, 0) is 31.9 Å². The van der Waals surface area contributed by atoms with Crippen LogP contribution in [0.1, 0.15) is 18.1 Å². The summed E-state index contributed by atoms with van der Waals surface area (Å²) >= 11 is 0. The molecule has 1 aromatic carbocycles. The summed E-state index contributed by atoms with van der Waals surface area (Å²) in [7, 11) is 1.62. The number of carbonyl (C=O) groups is 1. The summed E-state index contributed by atoms with van der Waals surface area (Å²) in [6.45, 7) is 3.51. The highest BCUT2D eigenvalue weighted by Gasteiger charge is 2.12. The van der Waals surface area contributed by atoms with Gasteiger partial charge in [0.1, 0.15) is 11.5 Å². The van der Waals surface area contributed by atoms with E-state index in [-0.39, 0.29) is 5.78 Å². The standard InChI is InChI=1S/C12H17NO2/c1-8-4-5-12(15-3)10(6-8)7-11(13)9(2)14/h4-6,11H,7,13H2,1-3H3. The predicted molar refractivity (Wildman–Crippen MR) is 60.1 cm³/mol. The van der Waals surface area contributed by atoms with Gasteiger partial charge in [-0.1, -0.05) is 17.7 Å². The number of ketones is 1. The summed E-state index contributed by atoms with van der Waals surface area (Å²) in [6.07, 6.45) is 0.528. The third kappa shape index (κ3) is 3.06. The number of rotatable bonds is 4. The number of hydrogen-bond donors (Lipinski definition) is 1. The Balaban J connectivity index is 2.91. The van der Waals surface area contributed by atoms with Crippen LogP contribution in [0.2, 0.25) is 0 Å². The maximum atomic E-state index is 11.1. The highest BCUT2D eigenvalue weighted by molar-refractivity contribution is 5.81. The number of aryl methyl sites for hydroxylation is 1. The minimum Gasteiger partial charge on any atom is -0.496 e. The summed E-state index contributed by atoms with van der Waals surface area (Å²) in [5, 5.41) is 0. The first-order valence-corrected chi connectivity index (χ1v) is 4.94. The predicted octanol–water partition coefficient (Wildman–Crippen LogP) is 1.46. The van der Waals surface area contributed by atoms with Gasteiger partial charge in [-0.15, -0.1) is 0 Å². The van der Waals surface area contributed by atoms with E-state index in [0.29, 0.717) is 6.42 Å². The lowest BCUT2D eigenvalue weighted by atomic mass is 10.0. The fraction of sp³-hybridized carbons (Fsp3) is 0.417. The number of carbonyl (C=O) groups excluding carboxylic acids is 1. The molecule has 0 aliphatic carbocycles. The monoisotopic (exact) mass is 207 g/mol. The summed E-state index contributed by atoms with van der Waals surface area (Å²) in [6, 6.07) is 5.43. The number of benzene rings is 1. The van der Waals surface area contributed by atoms with E-state index < -0.39 is 6.04 Å². The van der Waals surface area contributed by atoms with E-state index >= 15 is 0 Å². The fourth-order valence-electron chi connectivity index (χ4n) is 1.45. The van der Waals surface area contributed by atoms with Crippen LogP contribution in [-0.4, -0.2) is 18.9 Å². The lowest BCUT2D eigenvalue weighted by Crippen LogP contribution is -2.30. The minimum absolute atomic E-state index is 0.00133. The molecule has 1 aromatic rings. The van der Waals surface area contributed by atoms with Gasteiger partial charge in [-0.2, -0.15) is 0 Å². The maximum Gasteiger partial charge on any atom is 0.146 e. The van der Waals surface area contributed by atoms with Crippen molar-refractivity contribution in [2.45, 2.75) is 26.3 Å². The Morgan fingerprint density at radius 3 is 2.73 bits per heavy atom. The molecule has 0 aliphatic rings. The summed E-state index contributed by atoms with van der Waals surface area (Å²) in [5.41, 5.74) is 7.84. The molecule has 2 N–H and O–H groups in total. The van der Waals surface area contributed by atoms with Crippen LogP contribution in [-0.2, 0) is 11.2 Å². The van der Waals surface area contributed by atoms with Gasteiger partial charge < -0.3 is 10.5 Å². The van der Waals surface area contributed by atoms with Crippen molar-refractivity contribution in [3.05, 3.63) is 29.3 Å². The zero-order valence-electron chi connectivity index (χ0n) is 9.41. The number of methoxy groups -OCH3 is 1. The van der Waals surface area contributed by atoms with Crippen LogP contribution in [0.3, 0.4) is 0 Å². The maximum absolute atomic E-state index is 11.1. The number of hydrogen-bond acceptors (Lipinski definition) is 3. The van der Waals surface area contributed by atoms with Gasteiger partial charge in [0.25, 0.3) is 0 Å². The van der Waals surface area contributed by atoms with Crippen molar-refractivity contribution in [1.29, 1.82) is 0 Å². The van der Waals surface area contributed by atoms with Gasteiger partial charge in [0, 0.05) is 0 Å². The Labute approximate surface area is 90.2 Å². The molecule has 15 heavy (non-hydrogen) atoms. The highest BCUT2D eigenvalue weighted by atomic mass is 16.5. The van der Waals surface area contributed by atoms with Gasteiger partial charge in [-0.25, -0.2) is 0 Å². The lowest BCUT2D eigenvalue weighted by Gasteiger charge is -2.12. The Morgan fingerprint density at radius 1 is 1.53 bits per heavy atom. The van der Waals surface area contributed by atoms with Crippen molar-refractivity contribution < 1.29 is 9.53 Å². The molecular weight excluding hydrogens is 190 g/mol. The molecule has 3 heteroatoms. The zero-order chi connectivity index (χ0) is 11.4. The quantitative estimate of drug-likeness (QED) is 0.813. The normalized spacial score (nSPS) is 12.3. The first-order valence-electron chi connectivity index (χ1n) is 4.94. The molecule has 0 amide bonds. The fourth-order valence-corrected chi connectivity index (χ4v) is 1.45. The second-order valence-corrected chi connectivity index (χ2v) is 3.74. The summed E-state index contributed by atoms with van der Waals surface area (Å²) < 4.78 is 5.21. The molecular formula is C12H17NO2. The third-order valence-electron chi connectivity index (χ3n) is 2.40. The SMILES string of the molecule is COc1ccc(C)cc1CC(N)C(C)=O. The van der Waals surface area contributed by atoms with Crippen molar-refractivity contribution in [1.82, 2.24) is 0 Å². The zero-order valence-corrected chi connectivity index (χ0v) is 9.41. The first-order chi connectivity index (χ1) is 7.04. The van der Waals surface area contributed by atoms with Gasteiger partial charge >= 0.3 is 0 Å². The number of nitrogens with two attached hydrogens (primary N) is 1. The van der Waals surface area contributed by atoms with E-state index in [2.05, 4.69) is 0 Å². The minimum atomic E-state index is -0.444. The van der Waals surface area contributed by atoms with Gasteiger partial charge in [0.05, 0.1) is 13.2 Å². The molecule has 3 nitrogen and oxygen atoms in total. The number of Topliss-reactive ketones (excluding diaryl/α,β-unsaturated/α-hetero) is 1. The lowest BCUT2D eigenvalue weighted by molar-refractivity contribution is -0.118. The second-order valence-electron chi connectivity index (χ2n) is 3.74. The van der Waals surface area contributed by atoms with Gasteiger partial charge in [0.15, 0.2) is 0 Å². The van der Waals surface area contributed by atoms with Gasteiger partial charge in [0.2, 0.25) is 0 Å². The van der Waals surface area contributed by atoms with Crippen LogP contribution >= 0.6 is 0 Å². The molecule has 0 fully saturated rings. The van der Waals surface area contributed by atoms with Crippen molar-refractivity contribution in [2.75, 3.05) is 7.11 Å². The molecule has 0 radical (unpaired) electrons. The molecule has 1 rings (SSSR count). The van der Waals surface area contributed by atoms with Crippen molar-refractivity contribution >= 4 is 5.78 Å². The molecule has 0 aliphatic heterocycles. The van der Waals surface area contributed by atoms with E-state index in [1.807, 2.05) is 25.1 Å². The van der Waals surface area contributed by atoms with E-state index in [1.165, 1.54) is 6.92 Å². The Morgan fingerprint density at radius 2 is 2.20 bits per heavy atom. The molecule has 82 valence electrons. The molecule has 1 unspecified atom stereocenters. The third-order valence-corrected chi connectivity index (χ3v) is 2.40. The first kappa shape index (κ1) is 11.7. The van der Waals surface area contributed by atoms with E-state index in [1.54, 1.807) is 7.11 Å². The van der Waals surface area contributed by atoms with Crippen LogP contribution < -0.4 is 10.5 Å². The summed E-state index contributed by atoms with van der Waals surface area (Å²) in [4.78, 5) is 11.1. The smallest absolute Gasteiger partial charge is 0.146 e. The second kappa shape index (κ2) is 4.94.